The number of fused-ring (bicyclic) bond motifs is 1. The van der Waals surface area contributed by atoms with Gasteiger partial charge in [-0.1, -0.05) is 24.3 Å². The highest BCUT2D eigenvalue weighted by atomic mass is 16.2. The number of carbonyl (C=O) groups is 1. The predicted octanol–water partition coefficient (Wildman–Crippen LogP) is 1.56. The van der Waals surface area contributed by atoms with Crippen molar-refractivity contribution < 1.29 is 4.79 Å². The van der Waals surface area contributed by atoms with Crippen molar-refractivity contribution in [2.24, 2.45) is 11.8 Å². The van der Waals surface area contributed by atoms with Crippen LogP contribution < -0.4 is 10.6 Å². The Hall–Kier alpha value is -2.67. The van der Waals surface area contributed by atoms with Crippen LogP contribution in [-0.4, -0.2) is 65.9 Å². The highest BCUT2D eigenvalue weighted by molar-refractivity contribution is 5.79. The average molecular weight is 380 g/mol. The second kappa shape index (κ2) is 7.39. The SMILES string of the molecule is Cc1ccccc1[C@H]1[C@@H]2CN(c3nccc(N)n3)C[C@@H]2CN1C(=O)CN(C)C. The molecule has 148 valence electrons. The van der Waals surface area contributed by atoms with Gasteiger partial charge < -0.3 is 20.4 Å². The minimum atomic E-state index is 0.0877. The molecule has 1 aromatic carbocycles. The van der Waals surface area contributed by atoms with Crippen molar-refractivity contribution >= 4 is 17.7 Å². The number of likely N-dealkylation sites (N-methyl/N-ethyl adjacent to an activating group) is 1. The molecular formula is C21H28N6O. The van der Waals surface area contributed by atoms with E-state index in [-0.39, 0.29) is 11.9 Å². The van der Waals surface area contributed by atoms with Crippen LogP contribution in [0.5, 0.6) is 0 Å². The van der Waals surface area contributed by atoms with Crippen LogP contribution in [0.1, 0.15) is 17.2 Å². The molecule has 2 N–H and O–H groups in total. The number of rotatable bonds is 4. The highest BCUT2D eigenvalue weighted by Gasteiger charge is 2.49. The van der Waals surface area contributed by atoms with Crippen LogP contribution in [-0.2, 0) is 4.79 Å². The molecule has 0 aliphatic carbocycles. The zero-order chi connectivity index (χ0) is 19.8. The van der Waals surface area contributed by atoms with Crippen LogP contribution >= 0.6 is 0 Å². The van der Waals surface area contributed by atoms with Crippen molar-refractivity contribution in [2.45, 2.75) is 13.0 Å². The summed E-state index contributed by atoms with van der Waals surface area (Å²) >= 11 is 0. The molecule has 2 saturated heterocycles. The number of hydrogen-bond acceptors (Lipinski definition) is 6. The Bertz CT molecular complexity index is 869. The van der Waals surface area contributed by atoms with Crippen molar-refractivity contribution in [1.82, 2.24) is 19.8 Å². The van der Waals surface area contributed by atoms with Crippen LogP contribution in [0.4, 0.5) is 11.8 Å². The minimum absolute atomic E-state index is 0.0877. The maximum atomic E-state index is 13.0. The van der Waals surface area contributed by atoms with Gasteiger partial charge in [-0.2, -0.15) is 4.98 Å². The number of likely N-dealkylation sites (tertiary alicyclic amines) is 1. The average Bonchev–Trinajstić information content (AvgIpc) is 3.20. The molecule has 0 spiro atoms. The monoisotopic (exact) mass is 380 g/mol. The molecule has 2 aromatic rings. The van der Waals surface area contributed by atoms with Crippen LogP contribution in [0.3, 0.4) is 0 Å². The summed E-state index contributed by atoms with van der Waals surface area (Å²) in [6, 6.07) is 10.2. The van der Waals surface area contributed by atoms with Crippen LogP contribution in [0.2, 0.25) is 0 Å². The summed E-state index contributed by atoms with van der Waals surface area (Å²) in [6.45, 7) is 5.02. The summed E-state index contributed by atoms with van der Waals surface area (Å²) in [6.07, 6.45) is 1.71. The molecular weight excluding hydrogens is 352 g/mol. The maximum absolute atomic E-state index is 13.0. The van der Waals surface area contributed by atoms with E-state index in [1.54, 1.807) is 12.3 Å². The molecule has 0 unspecified atom stereocenters. The number of aryl methyl sites for hydroxylation is 1. The van der Waals surface area contributed by atoms with E-state index < -0.39 is 0 Å². The Morgan fingerprint density at radius 1 is 1.21 bits per heavy atom. The third-order valence-electron chi connectivity index (χ3n) is 5.89. The van der Waals surface area contributed by atoms with Crippen molar-refractivity contribution in [3.8, 4) is 0 Å². The molecule has 2 aliphatic rings. The number of aromatic nitrogens is 2. The number of carbonyl (C=O) groups excluding carboxylic acids is 1. The second-order valence-corrected chi connectivity index (χ2v) is 8.20. The van der Waals surface area contributed by atoms with Gasteiger partial charge in [-0.05, 0) is 38.2 Å². The van der Waals surface area contributed by atoms with Crippen LogP contribution in [0.25, 0.3) is 0 Å². The molecule has 1 amide bonds. The number of benzene rings is 1. The Balaban J connectivity index is 1.64. The van der Waals surface area contributed by atoms with Gasteiger partial charge in [0.15, 0.2) is 0 Å². The minimum Gasteiger partial charge on any atom is -0.384 e. The molecule has 7 nitrogen and oxygen atoms in total. The fourth-order valence-corrected chi connectivity index (χ4v) is 4.66. The molecule has 3 atom stereocenters. The zero-order valence-electron chi connectivity index (χ0n) is 16.7. The zero-order valence-corrected chi connectivity index (χ0v) is 16.7. The van der Waals surface area contributed by atoms with E-state index in [1.165, 1.54) is 11.1 Å². The highest BCUT2D eigenvalue weighted by Crippen LogP contribution is 2.46. The molecule has 0 radical (unpaired) electrons. The molecule has 3 heterocycles. The lowest BCUT2D eigenvalue weighted by molar-refractivity contribution is -0.133. The van der Waals surface area contributed by atoms with Crippen molar-refractivity contribution in [2.75, 3.05) is 50.9 Å². The molecule has 2 fully saturated rings. The Labute approximate surface area is 166 Å². The van der Waals surface area contributed by atoms with E-state index in [9.17, 15) is 4.79 Å². The third kappa shape index (κ3) is 3.42. The molecule has 4 rings (SSSR count). The van der Waals surface area contributed by atoms with Crippen molar-refractivity contribution in [3.63, 3.8) is 0 Å². The second-order valence-electron chi connectivity index (χ2n) is 8.20. The van der Waals surface area contributed by atoms with Gasteiger partial charge >= 0.3 is 0 Å². The van der Waals surface area contributed by atoms with Gasteiger partial charge in [0, 0.05) is 37.7 Å². The molecule has 1 aromatic heterocycles. The quantitative estimate of drug-likeness (QED) is 0.867. The van der Waals surface area contributed by atoms with Gasteiger partial charge in [-0.3, -0.25) is 4.79 Å². The Morgan fingerprint density at radius 2 is 2.00 bits per heavy atom. The number of hydrogen-bond donors (Lipinski definition) is 1. The lowest BCUT2D eigenvalue weighted by atomic mass is 9.87. The van der Waals surface area contributed by atoms with E-state index >= 15 is 0 Å². The van der Waals surface area contributed by atoms with Gasteiger partial charge in [0.05, 0.1) is 12.6 Å². The largest absolute Gasteiger partial charge is 0.384 e. The summed E-state index contributed by atoms with van der Waals surface area (Å²) in [7, 11) is 3.88. The number of anilines is 2. The normalized spacial score (nSPS) is 24.1. The number of amides is 1. The lowest BCUT2D eigenvalue weighted by Gasteiger charge is -2.31. The number of nitrogens with two attached hydrogens (primary N) is 1. The first-order valence-electron chi connectivity index (χ1n) is 9.77. The molecule has 0 bridgehead atoms. The smallest absolute Gasteiger partial charge is 0.237 e. The van der Waals surface area contributed by atoms with Crippen molar-refractivity contribution in [1.29, 1.82) is 0 Å². The number of nitrogens with zero attached hydrogens (tertiary/aromatic N) is 5. The topological polar surface area (TPSA) is 78.6 Å². The fraction of sp³-hybridized carbons (Fsp3) is 0.476. The standard InChI is InChI=1S/C21H28N6O/c1-14-6-4-5-7-16(14)20-17-12-26(21-23-9-8-18(22)24-21)10-15(17)11-27(20)19(28)13-25(2)3/h4-9,15,17,20H,10-13H2,1-3H3,(H2,22,23,24)/t15-,17-,20+/m1/s1. The summed E-state index contributed by atoms with van der Waals surface area (Å²) in [5.74, 6) is 2.13. The Morgan fingerprint density at radius 3 is 2.71 bits per heavy atom. The fourth-order valence-electron chi connectivity index (χ4n) is 4.66. The van der Waals surface area contributed by atoms with E-state index in [0.717, 1.165) is 19.6 Å². The van der Waals surface area contributed by atoms with Gasteiger partial charge in [0.1, 0.15) is 5.82 Å². The summed E-state index contributed by atoms with van der Waals surface area (Å²) in [4.78, 5) is 28.1. The van der Waals surface area contributed by atoms with Gasteiger partial charge in [-0.15, -0.1) is 0 Å². The molecule has 28 heavy (non-hydrogen) atoms. The molecule has 7 heteroatoms. The van der Waals surface area contributed by atoms with E-state index in [2.05, 4.69) is 51.0 Å². The first kappa shape index (κ1) is 18.7. The van der Waals surface area contributed by atoms with E-state index in [0.29, 0.717) is 30.1 Å². The first-order chi connectivity index (χ1) is 13.4. The maximum Gasteiger partial charge on any atom is 0.237 e. The van der Waals surface area contributed by atoms with E-state index in [4.69, 9.17) is 5.73 Å². The van der Waals surface area contributed by atoms with Gasteiger partial charge in [-0.25, -0.2) is 4.98 Å². The molecule has 2 aliphatic heterocycles. The molecule has 0 saturated carbocycles. The first-order valence-corrected chi connectivity index (χ1v) is 9.77. The summed E-state index contributed by atoms with van der Waals surface area (Å²) in [5.41, 5.74) is 8.33. The van der Waals surface area contributed by atoms with Gasteiger partial charge in [0.25, 0.3) is 0 Å². The van der Waals surface area contributed by atoms with Crippen LogP contribution in [0, 0.1) is 18.8 Å². The Kier molecular flexibility index (Phi) is 4.93. The third-order valence-corrected chi connectivity index (χ3v) is 5.89. The predicted molar refractivity (Wildman–Crippen MR) is 110 cm³/mol. The van der Waals surface area contributed by atoms with Crippen LogP contribution in [0.15, 0.2) is 36.5 Å². The number of nitrogen functional groups attached to an aromatic ring is 1. The lowest BCUT2D eigenvalue weighted by Crippen LogP contribution is -2.40. The van der Waals surface area contributed by atoms with Crippen molar-refractivity contribution in [3.05, 3.63) is 47.7 Å². The summed E-state index contributed by atoms with van der Waals surface area (Å²) in [5, 5.41) is 0. The summed E-state index contributed by atoms with van der Waals surface area (Å²) < 4.78 is 0. The van der Waals surface area contributed by atoms with E-state index in [1.807, 2.05) is 19.0 Å². The van der Waals surface area contributed by atoms with Gasteiger partial charge in [0.2, 0.25) is 11.9 Å².